The van der Waals surface area contributed by atoms with E-state index in [0.29, 0.717) is 24.2 Å². The van der Waals surface area contributed by atoms with Gasteiger partial charge in [-0.3, -0.25) is 14.6 Å². The Morgan fingerprint density at radius 1 is 1.16 bits per heavy atom. The van der Waals surface area contributed by atoms with Crippen LogP contribution in [-0.4, -0.2) is 47.9 Å². The lowest BCUT2D eigenvalue weighted by Gasteiger charge is -2.40. The van der Waals surface area contributed by atoms with Gasteiger partial charge < -0.3 is 15.0 Å². The molecule has 2 amide bonds. The summed E-state index contributed by atoms with van der Waals surface area (Å²) in [6, 6.07) is 13.4. The van der Waals surface area contributed by atoms with Gasteiger partial charge in [0, 0.05) is 24.7 Å². The Kier molecular flexibility index (Phi) is 6.35. The number of ether oxygens (including phenoxy) is 1. The van der Waals surface area contributed by atoms with Gasteiger partial charge in [-0.25, -0.2) is 4.39 Å². The quantitative estimate of drug-likeness (QED) is 0.656. The van der Waals surface area contributed by atoms with E-state index in [-0.39, 0.29) is 35.1 Å². The van der Waals surface area contributed by atoms with Gasteiger partial charge in [0.15, 0.2) is 11.6 Å². The van der Waals surface area contributed by atoms with Gasteiger partial charge in [-0.15, -0.1) is 0 Å². The molecule has 2 atom stereocenters. The molecule has 1 N–H and O–H groups in total. The van der Waals surface area contributed by atoms with Crippen molar-refractivity contribution in [3.05, 3.63) is 71.7 Å². The molecule has 0 bridgehead atoms. The van der Waals surface area contributed by atoms with Gasteiger partial charge >= 0.3 is 0 Å². The summed E-state index contributed by atoms with van der Waals surface area (Å²) in [6.45, 7) is 2.91. The number of amides is 2. The number of aromatic nitrogens is 1. The van der Waals surface area contributed by atoms with E-state index < -0.39 is 5.82 Å². The summed E-state index contributed by atoms with van der Waals surface area (Å²) in [4.78, 5) is 32.4. The molecule has 0 spiro atoms. The number of hydrogen-bond donors (Lipinski definition) is 1. The van der Waals surface area contributed by atoms with E-state index in [0.717, 1.165) is 18.2 Å². The minimum absolute atomic E-state index is 0.0552. The smallest absolute Gasteiger partial charge is 0.258 e. The number of hydrogen-bond acceptors (Lipinski definition) is 4. The topological polar surface area (TPSA) is 71.5 Å². The number of nitrogens with one attached hydrogen (secondary N) is 1. The van der Waals surface area contributed by atoms with Crippen LogP contribution in [0.3, 0.4) is 0 Å². The summed E-state index contributed by atoms with van der Waals surface area (Å²) in [6.07, 6.45) is 3.46. The van der Waals surface area contributed by atoms with Crippen LogP contribution in [0.25, 0.3) is 10.9 Å². The second-order valence-electron chi connectivity index (χ2n) is 8.10. The minimum Gasteiger partial charge on any atom is -0.493 e. The molecule has 1 aliphatic heterocycles. The Morgan fingerprint density at radius 3 is 2.72 bits per heavy atom. The summed E-state index contributed by atoms with van der Waals surface area (Å²) >= 11 is 0. The van der Waals surface area contributed by atoms with Crippen LogP contribution in [0, 0.1) is 11.7 Å². The summed E-state index contributed by atoms with van der Waals surface area (Å²) in [5.41, 5.74) is 1.33. The molecule has 0 aliphatic carbocycles. The number of fused-ring (bicyclic) bond motifs is 1. The lowest BCUT2D eigenvalue weighted by atomic mass is 9.90. The molecule has 7 heteroatoms. The second-order valence-corrected chi connectivity index (χ2v) is 8.10. The van der Waals surface area contributed by atoms with Crippen LogP contribution in [0.5, 0.6) is 5.75 Å². The maximum Gasteiger partial charge on any atom is 0.258 e. The van der Waals surface area contributed by atoms with E-state index in [4.69, 9.17) is 4.74 Å². The number of pyridine rings is 1. The highest BCUT2D eigenvalue weighted by Crippen LogP contribution is 2.29. The van der Waals surface area contributed by atoms with Crippen LogP contribution in [-0.2, 0) is 0 Å². The van der Waals surface area contributed by atoms with Gasteiger partial charge in [-0.1, -0.05) is 31.2 Å². The van der Waals surface area contributed by atoms with Gasteiger partial charge in [0.25, 0.3) is 11.8 Å². The summed E-state index contributed by atoms with van der Waals surface area (Å²) in [5.74, 6) is -0.975. The molecule has 1 saturated heterocycles. The molecule has 2 heterocycles. The molecule has 0 unspecified atom stereocenters. The average molecular weight is 435 g/mol. The van der Waals surface area contributed by atoms with E-state index >= 15 is 0 Å². The number of rotatable bonds is 5. The van der Waals surface area contributed by atoms with Crippen LogP contribution in [0.15, 0.2) is 54.7 Å². The number of para-hydroxylation sites is 2. The highest BCUT2D eigenvalue weighted by atomic mass is 19.1. The lowest BCUT2D eigenvalue weighted by Crippen LogP contribution is -2.53. The van der Waals surface area contributed by atoms with E-state index in [1.807, 2.05) is 24.3 Å². The predicted octanol–water partition coefficient (Wildman–Crippen LogP) is 4.05. The van der Waals surface area contributed by atoms with Crippen molar-refractivity contribution in [2.45, 2.75) is 25.8 Å². The van der Waals surface area contributed by atoms with Gasteiger partial charge in [0.2, 0.25) is 0 Å². The largest absolute Gasteiger partial charge is 0.493 e. The highest BCUT2D eigenvalue weighted by Gasteiger charge is 2.34. The number of likely N-dealkylation sites (tertiary alicyclic amines) is 1. The normalized spacial score (nSPS) is 18.4. The Morgan fingerprint density at radius 2 is 1.91 bits per heavy atom. The summed E-state index contributed by atoms with van der Waals surface area (Å²) in [7, 11) is 1.35. The predicted molar refractivity (Wildman–Crippen MR) is 120 cm³/mol. The number of nitrogens with zero attached hydrogens (tertiary/aromatic N) is 2. The maximum absolute atomic E-state index is 14.2. The molecule has 1 fully saturated rings. The SMILES string of the molecule is COc1c(F)cccc1C(=O)N1CCC[C@H](C)[C@@H]1CNC(=O)c1cccc2cccnc12. The molecular formula is C25H26FN3O3. The van der Waals surface area contributed by atoms with Crippen LogP contribution in [0.4, 0.5) is 4.39 Å². The van der Waals surface area contributed by atoms with E-state index in [1.54, 1.807) is 23.2 Å². The summed E-state index contributed by atoms with van der Waals surface area (Å²) < 4.78 is 19.3. The van der Waals surface area contributed by atoms with Gasteiger partial charge in [-0.2, -0.15) is 0 Å². The summed E-state index contributed by atoms with van der Waals surface area (Å²) in [5, 5.41) is 3.88. The molecule has 3 aromatic rings. The third kappa shape index (κ3) is 4.15. The number of halogens is 1. The molecule has 0 radical (unpaired) electrons. The van der Waals surface area contributed by atoms with Crippen LogP contribution in [0.1, 0.15) is 40.5 Å². The number of carbonyl (C=O) groups excluding carboxylic acids is 2. The fourth-order valence-corrected chi connectivity index (χ4v) is 4.43. The number of piperidine rings is 1. The number of carbonyl (C=O) groups is 2. The minimum atomic E-state index is -0.572. The third-order valence-electron chi connectivity index (χ3n) is 6.13. The first-order valence-corrected chi connectivity index (χ1v) is 10.8. The van der Waals surface area contributed by atoms with Gasteiger partial charge in [0.05, 0.1) is 29.8 Å². The first-order chi connectivity index (χ1) is 15.5. The highest BCUT2D eigenvalue weighted by molar-refractivity contribution is 6.05. The Bertz CT molecular complexity index is 1140. The van der Waals surface area contributed by atoms with Crippen molar-refractivity contribution >= 4 is 22.7 Å². The van der Waals surface area contributed by atoms with Crippen molar-refractivity contribution in [2.24, 2.45) is 5.92 Å². The Hall–Kier alpha value is -3.48. The van der Waals surface area contributed by atoms with Crippen molar-refractivity contribution in [1.82, 2.24) is 15.2 Å². The van der Waals surface area contributed by atoms with Crippen LogP contribution in [0.2, 0.25) is 0 Å². The second kappa shape index (κ2) is 9.34. The van der Waals surface area contributed by atoms with Crippen LogP contribution < -0.4 is 10.1 Å². The molecule has 6 nitrogen and oxygen atoms in total. The zero-order valence-electron chi connectivity index (χ0n) is 18.2. The Labute approximate surface area is 186 Å². The number of methoxy groups -OCH3 is 1. The van der Waals surface area contributed by atoms with Crippen molar-refractivity contribution < 1.29 is 18.7 Å². The first kappa shape index (κ1) is 21.7. The van der Waals surface area contributed by atoms with Crippen LogP contribution >= 0.6 is 0 Å². The van der Waals surface area contributed by atoms with Crippen molar-refractivity contribution in [3.8, 4) is 5.75 Å². The Balaban J connectivity index is 1.55. The van der Waals surface area contributed by atoms with Crippen molar-refractivity contribution in [3.63, 3.8) is 0 Å². The lowest BCUT2D eigenvalue weighted by molar-refractivity contribution is 0.0503. The molecule has 166 valence electrons. The first-order valence-electron chi connectivity index (χ1n) is 10.8. The fourth-order valence-electron chi connectivity index (χ4n) is 4.43. The zero-order chi connectivity index (χ0) is 22.7. The molecular weight excluding hydrogens is 409 g/mol. The van der Waals surface area contributed by atoms with Gasteiger partial charge in [0.1, 0.15) is 0 Å². The molecule has 4 rings (SSSR count). The molecule has 2 aromatic carbocycles. The standard InChI is InChI=1S/C25H26FN3O3/c1-16-7-6-14-29(25(31)19-11-4-12-20(26)23(19)32-2)21(16)15-28-24(30)18-10-3-8-17-9-5-13-27-22(17)18/h3-5,8-13,16,21H,6-7,14-15H2,1-2H3,(H,28,30)/t16-,21-/m0/s1. The van der Waals surface area contributed by atoms with Crippen molar-refractivity contribution in [1.29, 1.82) is 0 Å². The molecule has 32 heavy (non-hydrogen) atoms. The molecule has 1 aliphatic rings. The molecule has 1 aromatic heterocycles. The number of benzene rings is 2. The molecule has 0 saturated carbocycles. The van der Waals surface area contributed by atoms with E-state index in [2.05, 4.69) is 17.2 Å². The van der Waals surface area contributed by atoms with Crippen molar-refractivity contribution in [2.75, 3.05) is 20.2 Å². The van der Waals surface area contributed by atoms with E-state index in [1.165, 1.54) is 19.2 Å². The maximum atomic E-state index is 14.2. The van der Waals surface area contributed by atoms with Gasteiger partial charge in [-0.05, 0) is 43.0 Å². The van der Waals surface area contributed by atoms with E-state index in [9.17, 15) is 14.0 Å². The fraction of sp³-hybridized carbons (Fsp3) is 0.320. The zero-order valence-corrected chi connectivity index (χ0v) is 18.2. The third-order valence-corrected chi connectivity index (χ3v) is 6.13. The average Bonchev–Trinajstić information content (AvgIpc) is 2.82. The monoisotopic (exact) mass is 435 g/mol.